The maximum Gasteiger partial charge on any atom is 0.332 e. The van der Waals surface area contributed by atoms with Crippen LogP contribution in [0, 0.1) is 0 Å². The molecule has 2 fully saturated rings. The third-order valence-electron chi connectivity index (χ3n) is 8.68. The van der Waals surface area contributed by atoms with Crippen molar-refractivity contribution in [3.8, 4) is 0 Å². The van der Waals surface area contributed by atoms with Crippen LogP contribution in [0.3, 0.4) is 0 Å². The van der Waals surface area contributed by atoms with Gasteiger partial charge in [-0.3, -0.25) is 4.79 Å². The van der Waals surface area contributed by atoms with Crippen molar-refractivity contribution >= 4 is 41.0 Å². The van der Waals surface area contributed by atoms with Gasteiger partial charge in [0.1, 0.15) is 11.6 Å². The minimum atomic E-state index is -1.01. The molecular weight excluding hydrogens is 570 g/mol. The molecule has 242 valence electrons. The van der Waals surface area contributed by atoms with Crippen LogP contribution in [-0.2, 0) is 16.0 Å². The molecule has 11 heteroatoms. The Labute approximate surface area is 266 Å². The number of imide groups is 1. The average molecular weight is 618 g/mol. The Hall–Kier alpha value is -4.59. The number of carboxylic acid groups (broad SMARTS) is 1. The van der Waals surface area contributed by atoms with E-state index < -0.39 is 17.6 Å². The summed E-state index contributed by atoms with van der Waals surface area (Å²) in [5.41, 5.74) is 5.90. The van der Waals surface area contributed by atoms with E-state index in [1.807, 2.05) is 32.6 Å². The Bertz CT molecular complexity index is 1390. The van der Waals surface area contributed by atoms with Crippen molar-refractivity contribution in [1.29, 1.82) is 0 Å². The van der Waals surface area contributed by atoms with Gasteiger partial charge in [-0.1, -0.05) is 42.9 Å². The molecule has 1 saturated heterocycles. The van der Waals surface area contributed by atoms with Crippen molar-refractivity contribution in [3.63, 3.8) is 0 Å². The molecular formula is C34H47N7O4. The zero-order chi connectivity index (χ0) is 33.1. The van der Waals surface area contributed by atoms with Crippen LogP contribution < -0.4 is 20.0 Å². The fourth-order valence-corrected chi connectivity index (χ4v) is 5.99. The van der Waals surface area contributed by atoms with Gasteiger partial charge >= 0.3 is 12.0 Å². The summed E-state index contributed by atoms with van der Waals surface area (Å²) in [4.78, 5) is 55.3. The number of anilines is 4. The van der Waals surface area contributed by atoms with Crippen LogP contribution in [0.5, 0.6) is 0 Å². The average Bonchev–Trinajstić information content (AvgIpc) is 3.23. The molecule has 2 aromatic rings. The van der Waals surface area contributed by atoms with E-state index in [0.29, 0.717) is 30.3 Å². The molecule has 1 aliphatic carbocycles. The van der Waals surface area contributed by atoms with Gasteiger partial charge in [0.05, 0.1) is 17.6 Å². The number of aliphatic carboxylic acids is 1. The number of carboxylic acids is 1. The van der Waals surface area contributed by atoms with E-state index in [1.165, 1.54) is 4.90 Å². The summed E-state index contributed by atoms with van der Waals surface area (Å²) in [6.45, 7) is 17.4. The van der Waals surface area contributed by atoms with Crippen molar-refractivity contribution < 1.29 is 19.5 Å². The Kier molecular flexibility index (Phi) is 12.4. The zero-order valence-corrected chi connectivity index (χ0v) is 27.3. The summed E-state index contributed by atoms with van der Waals surface area (Å²) in [7, 11) is 1.72. The first-order valence-electron chi connectivity index (χ1n) is 15.7. The van der Waals surface area contributed by atoms with E-state index in [2.05, 4.69) is 39.8 Å². The standard InChI is InChI=1S/C30H43N7O4.C4H4/c1-6-35(7-2)24-20-31-28(36(8-3)9-4)33-25(24)32-23(26(38)39)19-21-13-15-22(16-14-21)37-27(40)30(34(5)29(37)41)17-11-10-12-18-30;1-3-4-2/h13-16,20,23H,6-12,17-19H2,1-5H3,(H,38,39)(H,31,32,33);1-2H2/t23-;/m0./s1. The van der Waals surface area contributed by atoms with Crippen LogP contribution in [0.25, 0.3) is 0 Å². The van der Waals surface area contributed by atoms with Gasteiger partial charge in [-0.25, -0.2) is 19.5 Å². The number of amides is 3. The number of carbonyl (C=O) groups excluding carboxylic acids is 2. The van der Waals surface area contributed by atoms with Crippen molar-refractivity contribution in [2.45, 2.75) is 77.8 Å². The number of nitrogens with zero attached hydrogens (tertiary/aromatic N) is 6. The molecule has 2 N–H and O–H groups in total. The Morgan fingerprint density at radius 2 is 1.58 bits per heavy atom. The molecule has 1 atom stereocenters. The van der Waals surface area contributed by atoms with E-state index in [4.69, 9.17) is 4.98 Å². The van der Waals surface area contributed by atoms with Gasteiger partial charge in [0.2, 0.25) is 5.95 Å². The molecule has 0 bridgehead atoms. The van der Waals surface area contributed by atoms with Gasteiger partial charge in [0.25, 0.3) is 5.91 Å². The smallest absolute Gasteiger partial charge is 0.332 e. The monoisotopic (exact) mass is 617 g/mol. The minimum absolute atomic E-state index is 0.167. The number of carbonyl (C=O) groups is 3. The zero-order valence-electron chi connectivity index (χ0n) is 27.3. The lowest BCUT2D eigenvalue weighted by Crippen LogP contribution is -2.49. The molecule has 3 amide bonds. The number of benzene rings is 1. The second-order valence-corrected chi connectivity index (χ2v) is 11.1. The predicted molar refractivity (Wildman–Crippen MR) is 179 cm³/mol. The quantitative estimate of drug-likeness (QED) is 0.235. The summed E-state index contributed by atoms with van der Waals surface area (Å²) in [5.74, 6) is -0.154. The first-order valence-corrected chi connectivity index (χ1v) is 15.7. The molecule has 2 aliphatic rings. The van der Waals surface area contributed by atoms with Crippen molar-refractivity contribution in [2.24, 2.45) is 0 Å². The topological polar surface area (TPSA) is 122 Å². The molecule has 45 heavy (non-hydrogen) atoms. The highest BCUT2D eigenvalue weighted by Gasteiger charge is 2.56. The normalized spacial score (nSPS) is 15.9. The highest BCUT2D eigenvalue weighted by atomic mass is 16.4. The number of rotatable bonds is 12. The maximum absolute atomic E-state index is 13.5. The molecule has 1 aromatic heterocycles. The fourth-order valence-electron chi connectivity index (χ4n) is 5.99. The second-order valence-electron chi connectivity index (χ2n) is 11.1. The Morgan fingerprint density at radius 3 is 2.09 bits per heavy atom. The molecule has 1 spiro atoms. The largest absolute Gasteiger partial charge is 0.480 e. The maximum atomic E-state index is 13.5. The Morgan fingerprint density at radius 1 is 1.00 bits per heavy atom. The van der Waals surface area contributed by atoms with E-state index >= 15 is 0 Å². The molecule has 2 heterocycles. The van der Waals surface area contributed by atoms with Gasteiger partial charge in [0, 0.05) is 39.6 Å². The number of hydrogen-bond acceptors (Lipinski definition) is 8. The third-order valence-corrected chi connectivity index (χ3v) is 8.68. The van der Waals surface area contributed by atoms with Crippen LogP contribution in [0.1, 0.15) is 65.4 Å². The van der Waals surface area contributed by atoms with Crippen molar-refractivity contribution in [3.05, 3.63) is 60.6 Å². The highest BCUT2D eigenvalue weighted by molar-refractivity contribution is 6.23. The fraction of sp³-hybridized carbons (Fsp3) is 0.500. The molecule has 4 rings (SSSR count). The van der Waals surface area contributed by atoms with Crippen LogP contribution in [0.15, 0.2) is 55.1 Å². The van der Waals surface area contributed by atoms with Gasteiger partial charge in [-0.05, 0) is 71.4 Å². The highest BCUT2D eigenvalue weighted by Crippen LogP contribution is 2.41. The predicted octanol–water partition coefficient (Wildman–Crippen LogP) is 5.49. The van der Waals surface area contributed by atoms with E-state index in [1.54, 1.807) is 42.4 Å². The van der Waals surface area contributed by atoms with Gasteiger partial charge in [-0.2, -0.15) is 4.98 Å². The summed E-state index contributed by atoms with van der Waals surface area (Å²) in [6, 6.07) is 5.75. The van der Waals surface area contributed by atoms with Gasteiger partial charge in [-0.15, -0.1) is 0 Å². The first kappa shape index (κ1) is 34.9. The number of hydrogen-bond donors (Lipinski definition) is 2. The number of aromatic nitrogens is 2. The summed E-state index contributed by atoms with van der Waals surface area (Å²) in [5, 5.41) is 13.3. The van der Waals surface area contributed by atoms with Crippen molar-refractivity contribution in [1.82, 2.24) is 14.9 Å². The molecule has 1 aromatic carbocycles. The summed E-state index contributed by atoms with van der Waals surface area (Å²) >= 11 is 0. The Balaban J connectivity index is 0.00000130. The lowest BCUT2D eigenvalue weighted by molar-refractivity contribution is -0.137. The van der Waals surface area contributed by atoms with Crippen LogP contribution in [0.2, 0.25) is 0 Å². The number of nitrogens with one attached hydrogen (secondary N) is 1. The molecule has 0 unspecified atom stereocenters. The van der Waals surface area contributed by atoms with Gasteiger partial charge in [0.15, 0.2) is 5.82 Å². The van der Waals surface area contributed by atoms with E-state index in [-0.39, 0.29) is 18.4 Å². The molecule has 1 aliphatic heterocycles. The summed E-state index contributed by atoms with van der Waals surface area (Å²) in [6.07, 6.45) is 6.24. The third kappa shape index (κ3) is 7.56. The summed E-state index contributed by atoms with van der Waals surface area (Å²) < 4.78 is 0. The molecule has 11 nitrogen and oxygen atoms in total. The number of urea groups is 1. The second kappa shape index (κ2) is 15.9. The van der Waals surface area contributed by atoms with Crippen LogP contribution in [0.4, 0.5) is 27.9 Å². The number of likely N-dealkylation sites (N-methyl/N-ethyl adjacent to an activating group) is 1. The van der Waals surface area contributed by atoms with E-state index in [9.17, 15) is 19.5 Å². The molecule has 0 radical (unpaired) electrons. The minimum Gasteiger partial charge on any atom is -0.480 e. The molecule has 1 saturated carbocycles. The van der Waals surface area contributed by atoms with Crippen molar-refractivity contribution in [2.75, 3.05) is 53.2 Å². The van der Waals surface area contributed by atoms with Crippen LogP contribution in [-0.4, -0.2) is 82.7 Å². The first-order chi connectivity index (χ1) is 21.6. The SMILES string of the molecule is C=C=C=C.CCN(CC)c1ncc(N(CC)CC)c(N[C@@H](Cc2ccc(N3C(=O)N(C)C4(CCCCC4)C3=O)cc2)C(=O)O)n1. The van der Waals surface area contributed by atoms with Crippen LogP contribution >= 0.6 is 0 Å². The van der Waals surface area contributed by atoms with Gasteiger partial charge < -0.3 is 25.1 Å². The van der Waals surface area contributed by atoms with E-state index in [0.717, 1.165) is 56.7 Å². The lowest BCUT2D eigenvalue weighted by Gasteiger charge is -2.35. The lowest BCUT2D eigenvalue weighted by atomic mass is 9.80.